The lowest BCUT2D eigenvalue weighted by atomic mass is 10.3. The van der Waals surface area contributed by atoms with Crippen LogP contribution in [0.5, 0.6) is 0 Å². The molecule has 1 aromatic heterocycles. The predicted octanol–water partition coefficient (Wildman–Crippen LogP) is 0.523. The molecule has 116 valence electrons. The average Bonchev–Trinajstić information content (AvgIpc) is 3.09. The molecule has 10 heteroatoms. The zero-order chi connectivity index (χ0) is 15.7. The third-order valence-electron chi connectivity index (χ3n) is 3.35. The highest BCUT2D eigenvalue weighted by atomic mass is 32.2. The number of nitrogens with two attached hydrogens (primary N) is 1. The van der Waals surface area contributed by atoms with Crippen LogP contribution in [0.2, 0.25) is 0 Å². The summed E-state index contributed by atoms with van der Waals surface area (Å²) < 4.78 is 24.0. The molecule has 0 bridgehead atoms. The van der Waals surface area contributed by atoms with E-state index in [-0.39, 0.29) is 15.9 Å². The number of rotatable bonds is 4. The highest BCUT2D eigenvalue weighted by Gasteiger charge is 2.27. The van der Waals surface area contributed by atoms with Crippen molar-refractivity contribution in [3.8, 4) is 5.69 Å². The van der Waals surface area contributed by atoms with E-state index in [2.05, 4.69) is 15.5 Å². The van der Waals surface area contributed by atoms with Crippen molar-refractivity contribution in [1.82, 2.24) is 20.2 Å². The first-order chi connectivity index (χ1) is 10.4. The van der Waals surface area contributed by atoms with Gasteiger partial charge in [0.05, 0.1) is 15.8 Å². The molecule has 1 aliphatic rings. The molecule has 2 N–H and O–H groups in total. The van der Waals surface area contributed by atoms with E-state index in [1.54, 1.807) is 12.1 Å². The lowest BCUT2D eigenvalue weighted by molar-refractivity contribution is -0.116. The van der Waals surface area contributed by atoms with E-state index in [9.17, 15) is 13.2 Å². The number of tetrazole rings is 1. The van der Waals surface area contributed by atoms with Gasteiger partial charge in [0.15, 0.2) is 0 Å². The minimum atomic E-state index is -3.74. The number of ketones is 1. The minimum Gasteiger partial charge on any atom is -0.298 e. The molecule has 1 aromatic carbocycles. The SMILES string of the molecule is NS(=O)(=O)c1ccc(-n2nnnc2SC2CCCC2=O)cc1. The van der Waals surface area contributed by atoms with Crippen molar-refractivity contribution >= 4 is 27.6 Å². The average molecular weight is 339 g/mol. The quantitative estimate of drug-likeness (QED) is 0.862. The van der Waals surface area contributed by atoms with E-state index in [0.29, 0.717) is 17.3 Å². The Morgan fingerprint density at radius 2 is 2.00 bits per heavy atom. The summed E-state index contributed by atoms with van der Waals surface area (Å²) in [6, 6.07) is 5.91. The van der Waals surface area contributed by atoms with Crippen molar-refractivity contribution in [2.24, 2.45) is 5.14 Å². The third kappa shape index (κ3) is 3.03. The lowest BCUT2D eigenvalue weighted by Gasteiger charge is -2.08. The number of hydrogen-bond donors (Lipinski definition) is 1. The Balaban J connectivity index is 1.87. The van der Waals surface area contributed by atoms with Gasteiger partial charge in [0.2, 0.25) is 15.2 Å². The molecule has 0 spiro atoms. The van der Waals surface area contributed by atoms with Gasteiger partial charge in [0.1, 0.15) is 5.78 Å². The molecule has 1 unspecified atom stereocenters. The van der Waals surface area contributed by atoms with Crippen molar-refractivity contribution in [1.29, 1.82) is 0 Å². The smallest absolute Gasteiger partial charge is 0.238 e. The van der Waals surface area contributed by atoms with Gasteiger partial charge in [-0.3, -0.25) is 4.79 Å². The van der Waals surface area contributed by atoms with E-state index in [1.165, 1.54) is 28.6 Å². The van der Waals surface area contributed by atoms with Gasteiger partial charge in [-0.25, -0.2) is 13.6 Å². The largest absolute Gasteiger partial charge is 0.298 e. The fourth-order valence-electron chi connectivity index (χ4n) is 2.23. The molecular weight excluding hydrogens is 326 g/mol. The number of thioether (sulfide) groups is 1. The summed E-state index contributed by atoms with van der Waals surface area (Å²) in [6.07, 6.45) is 2.31. The summed E-state index contributed by atoms with van der Waals surface area (Å²) in [5.41, 5.74) is 0.602. The van der Waals surface area contributed by atoms with Crippen LogP contribution in [0.1, 0.15) is 19.3 Å². The van der Waals surface area contributed by atoms with Gasteiger partial charge in [-0.2, -0.15) is 4.68 Å². The fraction of sp³-hybridized carbons (Fsp3) is 0.333. The summed E-state index contributed by atoms with van der Waals surface area (Å²) in [5.74, 6) is 0.212. The van der Waals surface area contributed by atoms with Crippen molar-refractivity contribution in [2.75, 3.05) is 0 Å². The van der Waals surface area contributed by atoms with Crippen LogP contribution < -0.4 is 5.14 Å². The number of Topliss-reactive ketones (excluding diaryl/α,β-unsaturated/α-hetero) is 1. The van der Waals surface area contributed by atoms with E-state index >= 15 is 0 Å². The van der Waals surface area contributed by atoms with Gasteiger partial charge in [0, 0.05) is 6.42 Å². The van der Waals surface area contributed by atoms with Crippen molar-refractivity contribution in [3.05, 3.63) is 24.3 Å². The number of nitrogens with zero attached hydrogens (tertiary/aromatic N) is 4. The number of hydrogen-bond acceptors (Lipinski definition) is 7. The first-order valence-corrected chi connectivity index (χ1v) is 8.99. The first kappa shape index (κ1) is 15.1. The molecule has 1 atom stereocenters. The first-order valence-electron chi connectivity index (χ1n) is 6.56. The Morgan fingerprint density at radius 3 is 2.59 bits per heavy atom. The van der Waals surface area contributed by atoms with Crippen LogP contribution >= 0.6 is 11.8 Å². The Bertz CT molecular complexity index is 800. The number of benzene rings is 1. The number of carbonyl (C=O) groups excluding carboxylic acids is 1. The van der Waals surface area contributed by atoms with Gasteiger partial charge in [-0.1, -0.05) is 11.8 Å². The standard InChI is InChI=1S/C12H13N5O3S2/c13-22(19,20)9-6-4-8(5-7-9)17-12(14-15-16-17)21-11-3-1-2-10(11)18/h4-7,11H,1-3H2,(H2,13,19,20). The molecule has 0 aliphatic heterocycles. The van der Waals surface area contributed by atoms with E-state index in [0.717, 1.165) is 12.8 Å². The zero-order valence-electron chi connectivity index (χ0n) is 11.4. The highest BCUT2D eigenvalue weighted by Crippen LogP contribution is 2.31. The Labute approximate surface area is 131 Å². The van der Waals surface area contributed by atoms with Gasteiger partial charge in [0.25, 0.3) is 0 Å². The molecular formula is C12H13N5O3S2. The molecule has 2 aromatic rings. The van der Waals surface area contributed by atoms with Gasteiger partial charge in [-0.05, 0) is 47.5 Å². The summed E-state index contributed by atoms with van der Waals surface area (Å²) in [6.45, 7) is 0. The maximum atomic E-state index is 11.7. The minimum absolute atomic E-state index is 0.0181. The van der Waals surface area contributed by atoms with Crippen LogP contribution in [0.25, 0.3) is 5.69 Å². The monoisotopic (exact) mass is 339 g/mol. The lowest BCUT2D eigenvalue weighted by Crippen LogP contribution is -2.12. The molecule has 22 heavy (non-hydrogen) atoms. The molecule has 0 amide bonds. The topological polar surface area (TPSA) is 121 Å². The Kier molecular flexibility index (Phi) is 3.98. The van der Waals surface area contributed by atoms with Gasteiger partial charge >= 0.3 is 0 Å². The maximum absolute atomic E-state index is 11.7. The summed E-state index contributed by atoms with van der Waals surface area (Å²) in [7, 11) is -3.74. The van der Waals surface area contributed by atoms with Crippen LogP contribution in [0, 0.1) is 0 Å². The molecule has 1 heterocycles. The van der Waals surface area contributed by atoms with Crippen LogP contribution in [0.3, 0.4) is 0 Å². The summed E-state index contributed by atoms with van der Waals surface area (Å²) >= 11 is 1.33. The number of sulfonamides is 1. The molecule has 0 saturated heterocycles. The number of carbonyl (C=O) groups is 1. The Hall–Kier alpha value is -1.78. The van der Waals surface area contributed by atoms with Gasteiger partial charge in [-0.15, -0.1) is 5.10 Å². The van der Waals surface area contributed by atoms with Crippen LogP contribution in [-0.4, -0.2) is 39.7 Å². The molecule has 3 rings (SSSR count). The van der Waals surface area contributed by atoms with Crippen molar-refractivity contribution < 1.29 is 13.2 Å². The normalized spacial score (nSPS) is 18.8. The molecule has 8 nitrogen and oxygen atoms in total. The van der Waals surface area contributed by atoms with Crippen LogP contribution in [0.4, 0.5) is 0 Å². The van der Waals surface area contributed by atoms with E-state index < -0.39 is 10.0 Å². The highest BCUT2D eigenvalue weighted by molar-refractivity contribution is 8.00. The van der Waals surface area contributed by atoms with Crippen LogP contribution in [0.15, 0.2) is 34.3 Å². The number of aromatic nitrogens is 4. The molecule has 0 radical (unpaired) electrons. The molecule has 1 saturated carbocycles. The second-order valence-electron chi connectivity index (χ2n) is 4.88. The van der Waals surface area contributed by atoms with Crippen LogP contribution in [-0.2, 0) is 14.8 Å². The molecule has 1 aliphatic carbocycles. The number of primary sulfonamides is 1. The van der Waals surface area contributed by atoms with Crippen molar-refractivity contribution in [3.63, 3.8) is 0 Å². The molecule has 1 fully saturated rings. The summed E-state index contributed by atoms with van der Waals surface area (Å²) in [5, 5.41) is 16.9. The fourth-order valence-corrected chi connectivity index (χ4v) is 3.86. The van der Waals surface area contributed by atoms with Crippen molar-refractivity contribution in [2.45, 2.75) is 34.6 Å². The second-order valence-corrected chi connectivity index (χ2v) is 7.61. The van der Waals surface area contributed by atoms with Gasteiger partial charge < -0.3 is 0 Å². The van der Waals surface area contributed by atoms with E-state index in [1.807, 2.05) is 0 Å². The maximum Gasteiger partial charge on any atom is 0.238 e. The second kappa shape index (κ2) is 5.78. The van der Waals surface area contributed by atoms with E-state index in [4.69, 9.17) is 5.14 Å². The summed E-state index contributed by atoms with van der Waals surface area (Å²) in [4.78, 5) is 11.7. The Morgan fingerprint density at radius 1 is 1.27 bits per heavy atom. The third-order valence-corrected chi connectivity index (χ3v) is 5.52. The predicted molar refractivity (Wildman–Crippen MR) is 79.0 cm³/mol. The zero-order valence-corrected chi connectivity index (χ0v) is 13.0.